The molecule has 3 nitrogen and oxygen atoms in total. The summed E-state index contributed by atoms with van der Waals surface area (Å²) in [5, 5.41) is 2.93. The monoisotopic (exact) mass is 197 g/mol. The zero-order valence-corrected chi connectivity index (χ0v) is 9.01. The molecule has 1 fully saturated rings. The SMILES string of the molecule is CC(=O)CC1CCC(NC(C)=O)CC1. The van der Waals surface area contributed by atoms with Gasteiger partial charge in [-0.25, -0.2) is 0 Å². The van der Waals surface area contributed by atoms with Gasteiger partial charge in [0.25, 0.3) is 0 Å². The van der Waals surface area contributed by atoms with Crippen LogP contribution in [0.3, 0.4) is 0 Å². The number of amides is 1. The first-order valence-corrected chi connectivity index (χ1v) is 5.34. The molecule has 80 valence electrons. The van der Waals surface area contributed by atoms with E-state index in [1.165, 1.54) is 0 Å². The van der Waals surface area contributed by atoms with Crippen LogP contribution in [0.2, 0.25) is 0 Å². The average Bonchev–Trinajstić information content (AvgIpc) is 2.06. The summed E-state index contributed by atoms with van der Waals surface area (Å²) in [6.07, 6.45) is 4.91. The summed E-state index contributed by atoms with van der Waals surface area (Å²) < 4.78 is 0. The van der Waals surface area contributed by atoms with Gasteiger partial charge < -0.3 is 10.1 Å². The van der Waals surface area contributed by atoms with E-state index >= 15 is 0 Å². The van der Waals surface area contributed by atoms with Crippen molar-refractivity contribution < 1.29 is 9.59 Å². The lowest BCUT2D eigenvalue weighted by Crippen LogP contribution is -2.36. The van der Waals surface area contributed by atoms with Crippen molar-refractivity contribution >= 4 is 11.7 Å². The Morgan fingerprint density at radius 1 is 1.14 bits per heavy atom. The lowest BCUT2D eigenvalue weighted by Gasteiger charge is -2.28. The highest BCUT2D eigenvalue weighted by atomic mass is 16.1. The largest absolute Gasteiger partial charge is 0.354 e. The second-order valence-corrected chi connectivity index (χ2v) is 4.32. The highest BCUT2D eigenvalue weighted by Gasteiger charge is 2.22. The molecule has 14 heavy (non-hydrogen) atoms. The lowest BCUT2D eigenvalue weighted by molar-refractivity contribution is -0.120. The van der Waals surface area contributed by atoms with Crippen molar-refractivity contribution in [3.05, 3.63) is 0 Å². The van der Waals surface area contributed by atoms with Gasteiger partial charge in [-0.1, -0.05) is 0 Å². The third-order valence-electron chi connectivity index (χ3n) is 2.83. The standard InChI is InChI=1S/C11H19NO2/c1-8(13)7-10-3-5-11(6-4-10)12-9(2)14/h10-11H,3-7H2,1-2H3,(H,12,14). The molecule has 0 heterocycles. The minimum absolute atomic E-state index is 0.0556. The number of nitrogens with one attached hydrogen (secondary N) is 1. The summed E-state index contributed by atoms with van der Waals surface area (Å²) in [6.45, 7) is 3.21. The summed E-state index contributed by atoms with van der Waals surface area (Å²) in [5.41, 5.74) is 0. The number of hydrogen-bond acceptors (Lipinski definition) is 2. The average molecular weight is 197 g/mol. The van der Waals surface area contributed by atoms with Gasteiger partial charge in [0.15, 0.2) is 0 Å². The Kier molecular flexibility index (Phi) is 4.11. The molecule has 0 aromatic carbocycles. The van der Waals surface area contributed by atoms with Crippen LogP contribution in [0, 0.1) is 5.92 Å². The fourth-order valence-electron chi connectivity index (χ4n) is 2.20. The van der Waals surface area contributed by atoms with Gasteiger partial charge in [0, 0.05) is 19.4 Å². The van der Waals surface area contributed by atoms with E-state index in [9.17, 15) is 9.59 Å². The van der Waals surface area contributed by atoms with Gasteiger partial charge in [0.1, 0.15) is 5.78 Å². The first-order valence-electron chi connectivity index (χ1n) is 5.34. The highest BCUT2D eigenvalue weighted by molar-refractivity contribution is 5.75. The number of ketones is 1. The van der Waals surface area contributed by atoms with E-state index in [1.54, 1.807) is 13.8 Å². The second kappa shape index (κ2) is 5.13. The summed E-state index contributed by atoms with van der Waals surface area (Å²) in [6, 6.07) is 0.343. The number of hydrogen-bond donors (Lipinski definition) is 1. The Bertz CT molecular complexity index is 193. The van der Waals surface area contributed by atoms with Crippen LogP contribution in [0.5, 0.6) is 0 Å². The third kappa shape index (κ3) is 3.90. The van der Waals surface area contributed by atoms with Gasteiger partial charge in [-0.05, 0) is 38.5 Å². The molecule has 0 unspecified atom stereocenters. The molecule has 0 aromatic rings. The van der Waals surface area contributed by atoms with Gasteiger partial charge in [-0.15, -0.1) is 0 Å². The van der Waals surface area contributed by atoms with Crippen LogP contribution in [0.1, 0.15) is 46.0 Å². The Morgan fingerprint density at radius 2 is 1.71 bits per heavy atom. The van der Waals surface area contributed by atoms with Gasteiger partial charge >= 0.3 is 0 Å². The molecular formula is C11H19NO2. The molecular weight excluding hydrogens is 178 g/mol. The molecule has 1 N–H and O–H groups in total. The number of carbonyl (C=O) groups is 2. The first kappa shape index (κ1) is 11.2. The van der Waals surface area contributed by atoms with Gasteiger partial charge in [0.05, 0.1) is 0 Å². The molecule has 0 aliphatic heterocycles. The number of Topliss-reactive ketones (excluding diaryl/α,β-unsaturated/α-hetero) is 1. The van der Waals surface area contributed by atoms with Crippen molar-refractivity contribution in [2.24, 2.45) is 5.92 Å². The second-order valence-electron chi connectivity index (χ2n) is 4.32. The van der Waals surface area contributed by atoms with Crippen molar-refractivity contribution in [1.29, 1.82) is 0 Å². The predicted molar refractivity (Wildman–Crippen MR) is 54.9 cm³/mol. The zero-order chi connectivity index (χ0) is 10.6. The normalized spacial score (nSPS) is 27.0. The number of rotatable bonds is 3. The van der Waals surface area contributed by atoms with Crippen LogP contribution in [0.4, 0.5) is 0 Å². The van der Waals surface area contributed by atoms with Crippen LogP contribution >= 0.6 is 0 Å². The number of carbonyl (C=O) groups excluding carboxylic acids is 2. The molecule has 0 spiro atoms. The molecule has 1 amide bonds. The van der Waals surface area contributed by atoms with Crippen LogP contribution in [0.25, 0.3) is 0 Å². The van der Waals surface area contributed by atoms with Crippen molar-refractivity contribution in [3.63, 3.8) is 0 Å². The van der Waals surface area contributed by atoms with E-state index in [0.717, 1.165) is 25.7 Å². The Balaban J connectivity index is 2.24. The van der Waals surface area contributed by atoms with Gasteiger partial charge in [0.2, 0.25) is 5.91 Å². The maximum absolute atomic E-state index is 10.9. The molecule has 1 rings (SSSR count). The van der Waals surface area contributed by atoms with Gasteiger partial charge in [-0.2, -0.15) is 0 Å². The fraction of sp³-hybridized carbons (Fsp3) is 0.818. The highest BCUT2D eigenvalue weighted by Crippen LogP contribution is 2.26. The van der Waals surface area contributed by atoms with Crippen LogP contribution in [-0.4, -0.2) is 17.7 Å². The minimum Gasteiger partial charge on any atom is -0.354 e. The Hall–Kier alpha value is -0.860. The maximum Gasteiger partial charge on any atom is 0.217 e. The molecule has 0 atom stereocenters. The maximum atomic E-state index is 10.9. The molecule has 0 bridgehead atoms. The van der Waals surface area contributed by atoms with Gasteiger partial charge in [-0.3, -0.25) is 4.79 Å². The molecule has 1 aliphatic rings. The van der Waals surface area contributed by atoms with Crippen molar-refractivity contribution in [3.8, 4) is 0 Å². The van der Waals surface area contributed by atoms with E-state index in [2.05, 4.69) is 5.32 Å². The summed E-state index contributed by atoms with van der Waals surface area (Å²) in [4.78, 5) is 21.7. The van der Waals surface area contributed by atoms with E-state index < -0.39 is 0 Å². The third-order valence-corrected chi connectivity index (χ3v) is 2.83. The Labute approximate surface area is 85.3 Å². The molecule has 1 saturated carbocycles. The van der Waals surface area contributed by atoms with Crippen LogP contribution in [0.15, 0.2) is 0 Å². The van der Waals surface area contributed by atoms with E-state index in [-0.39, 0.29) is 11.7 Å². The molecule has 1 aliphatic carbocycles. The molecule has 0 aromatic heterocycles. The fourth-order valence-corrected chi connectivity index (χ4v) is 2.20. The molecule has 0 radical (unpaired) electrons. The smallest absolute Gasteiger partial charge is 0.217 e. The molecule has 3 heteroatoms. The zero-order valence-electron chi connectivity index (χ0n) is 9.01. The van der Waals surface area contributed by atoms with E-state index in [4.69, 9.17) is 0 Å². The van der Waals surface area contributed by atoms with E-state index in [1.807, 2.05) is 0 Å². The summed E-state index contributed by atoms with van der Waals surface area (Å²) in [5.74, 6) is 0.894. The molecule has 0 saturated heterocycles. The van der Waals surface area contributed by atoms with Crippen LogP contribution in [-0.2, 0) is 9.59 Å². The topological polar surface area (TPSA) is 46.2 Å². The van der Waals surface area contributed by atoms with Crippen LogP contribution < -0.4 is 5.32 Å². The first-order chi connectivity index (χ1) is 6.58. The van der Waals surface area contributed by atoms with Crippen molar-refractivity contribution in [2.45, 2.75) is 52.0 Å². The van der Waals surface area contributed by atoms with Crippen molar-refractivity contribution in [1.82, 2.24) is 5.32 Å². The van der Waals surface area contributed by atoms with Crippen molar-refractivity contribution in [2.75, 3.05) is 0 Å². The minimum atomic E-state index is 0.0556. The summed E-state index contributed by atoms with van der Waals surface area (Å²) >= 11 is 0. The predicted octanol–water partition coefficient (Wildman–Crippen LogP) is 1.66. The Morgan fingerprint density at radius 3 is 2.14 bits per heavy atom. The summed E-state index contributed by atoms with van der Waals surface area (Å²) in [7, 11) is 0. The quantitative estimate of drug-likeness (QED) is 0.748. The van der Waals surface area contributed by atoms with E-state index in [0.29, 0.717) is 18.4 Å². The lowest BCUT2D eigenvalue weighted by atomic mass is 9.83.